The van der Waals surface area contributed by atoms with Crippen LogP contribution >= 0.6 is 7.60 Å². The Morgan fingerprint density at radius 3 is 1.69 bits per heavy atom. The third-order valence-electron chi connectivity index (χ3n) is 1.10. The summed E-state index contributed by atoms with van der Waals surface area (Å²) in [5.41, 5.74) is 0. The molecule has 0 saturated carbocycles. The van der Waals surface area contributed by atoms with Gasteiger partial charge in [0.25, 0.3) is 0 Å². The Bertz CT molecular complexity index is 180. The number of hydrogen-bond donors (Lipinski definition) is 3. The van der Waals surface area contributed by atoms with Crippen LogP contribution in [-0.4, -0.2) is 82.5 Å². The molecular weight excluding hydrogens is 227 g/mol. The topological polar surface area (TPSA) is 77.8 Å². The predicted octanol–water partition coefficient (Wildman–Crippen LogP) is -4.46. The molecule has 0 bridgehead atoms. The molecule has 0 spiro atoms. The number of aliphatic hydroxyl groups is 1. The molecule has 0 amide bonds. The van der Waals surface area contributed by atoms with Crippen LogP contribution in [0.1, 0.15) is 0 Å². The van der Waals surface area contributed by atoms with E-state index in [2.05, 4.69) is 0 Å². The molecule has 0 aliphatic carbocycles. The van der Waals surface area contributed by atoms with E-state index in [1.165, 1.54) is 0 Å². The summed E-state index contributed by atoms with van der Waals surface area (Å²) in [5, 5.41) is 8.94. The number of likely N-dealkylation sites (N-methyl/N-ethyl adjacent to an activating group) is 1. The van der Waals surface area contributed by atoms with Crippen LogP contribution < -0.4 is 12.4 Å². The second-order valence-corrected chi connectivity index (χ2v) is 5.32. The summed E-state index contributed by atoms with van der Waals surface area (Å²) in [6.45, 7) is 0.0459. The monoisotopic (exact) mass is 243 g/mol. The first-order valence-electron chi connectivity index (χ1n) is 3.17. The standard InChI is InChI=1S/C5H14NO4P.ClH.Na.H/c1-6(2,3)4-5(7)11(8,9)10;;;/h5,7H,4H2,1-3H3,(H-,8,9,10);1H;;. The van der Waals surface area contributed by atoms with Crippen LogP contribution in [0.2, 0.25) is 0 Å². The molecule has 1 unspecified atom stereocenters. The molecule has 0 aromatic heterocycles. The zero-order valence-electron chi connectivity index (χ0n) is 7.31. The third-order valence-corrected chi connectivity index (χ3v) is 2.04. The van der Waals surface area contributed by atoms with Gasteiger partial charge < -0.3 is 31.8 Å². The number of halogens is 1. The summed E-state index contributed by atoms with van der Waals surface area (Å²) in [4.78, 5) is 17.0. The minimum atomic E-state index is -4.31. The molecule has 1 atom stereocenters. The van der Waals surface area contributed by atoms with E-state index in [0.29, 0.717) is 4.48 Å². The molecule has 0 aliphatic rings. The second-order valence-electron chi connectivity index (χ2n) is 3.54. The maximum absolute atomic E-state index is 10.4. The van der Waals surface area contributed by atoms with Gasteiger partial charge in [-0.15, -0.1) is 0 Å². The van der Waals surface area contributed by atoms with Gasteiger partial charge >= 0.3 is 37.2 Å². The van der Waals surface area contributed by atoms with Crippen molar-refractivity contribution in [2.75, 3.05) is 27.7 Å². The van der Waals surface area contributed by atoms with Gasteiger partial charge in [-0.3, -0.25) is 4.57 Å². The van der Waals surface area contributed by atoms with Gasteiger partial charge in [0.2, 0.25) is 5.85 Å². The minimum absolute atomic E-state index is 0. The van der Waals surface area contributed by atoms with E-state index in [0.717, 1.165) is 0 Å². The molecule has 0 radical (unpaired) electrons. The summed E-state index contributed by atoms with van der Waals surface area (Å²) in [5.74, 6) is -1.55. The normalized spacial score (nSPS) is 14.0. The van der Waals surface area contributed by atoms with Crippen LogP contribution in [0.25, 0.3) is 0 Å². The number of aliphatic hydroxyl groups excluding tert-OH is 1. The van der Waals surface area contributed by atoms with Crippen molar-refractivity contribution < 1.29 is 36.3 Å². The fourth-order valence-corrected chi connectivity index (χ4v) is 1.30. The summed E-state index contributed by atoms with van der Waals surface area (Å²) >= 11 is 0. The van der Waals surface area contributed by atoms with Gasteiger partial charge in [-0.05, 0) is 0 Å². The third kappa shape index (κ3) is 11.3. The van der Waals surface area contributed by atoms with Gasteiger partial charge in [0, 0.05) is 0 Å². The van der Waals surface area contributed by atoms with Crippen LogP contribution in [-0.2, 0) is 4.57 Å². The van der Waals surface area contributed by atoms with Gasteiger partial charge in [0.1, 0.15) is 6.54 Å². The summed E-state index contributed by atoms with van der Waals surface area (Å²) in [6.07, 6.45) is 0. The number of nitrogens with zero attached hydrogens (tertiary/aromatic N) is 1. The first kappa shape index (κ1) is 19.9. The van der Waals surface area contributed by atoms with Crippen molar-refractivity contribution in [3.05, 3.63) is 0 Å². The van der Waals surface area contributed by atoms with E-state index in [4.69, 9.17) is 14.9 Å². The zero-order chi connectivity index (χ0) is 9.28. The van der Waals surface area contributed by atoms with Gasteiger partial charge in [-0.2, -0.15) is 0 Å². The van der Waals surface area contributed by atoms with E-state index >= 15 is 0 Å². The first-order valence-corrected chi connectivity index (χ1v) is 4.85. The molecule has 13 heavy (non-hydrogen) atoms. The Morgan fingerprint density at radius 1 is 1.31 bits per heavy atom. The second kappa shape index (κ2) is 6.77. The number of hydrogen-bond acceptors (Lipinski definition) is 2. The zero-order valence-corrected chi connectivity index (χ0v) is 8.96. The Labute approximate surface area is 107 Å². The molecule has 8 heteroatoms. The number of rotatable bonds is 3. The Morgan fingerprint density at radius 2 is 1.62 bits per heavy atom. The van der Waals surface area contributed by atoms with E-state index in [1.807, 2.05) is 0 Å². The molecule has 5 nitrogen and oxygen atoms in total. The SMILES string of the molecule is C[N+](C)(C)CC(O)P(=O)(O)O.[Cl-].[NaH]. The van der Waals surface area contributed by atoms with Crippen molar-refractivity contribution in [2.24, 2.45) is 0 Å². The van der Waals surface area contributed by atoms with Crippen molar-refractivity contribution in [3.63, 3.8) is 0 Å². The van der Waals surface area contributed by atoms with Crippen molar-refractivity contribution >= 4 is 37.2 Å². The molecule has 0 fully saturated rings. The van der Waals surface area contributed by atoms with Gasteiger partial charge in [0.15, 0.2) is 0 Å². The maximum atomic E-state index is 10.4. The van der Waals surface area contributed by atoms with Crippen molar-refractivity contribution in [1.29, 1.82) is 0 Å². The molecule has 0 aliphatic heterocycles. The van der Waals surface area contributed by atoms with Crippen molar-refractivity contribution in [2.45, 2.75) is 5.85 Å². The summed E-state index contributed by atoms with van der Waals surface area (Å²) < 4.78 is 10.8. The van der Waals surface area contributed by atoms with E-state index in [9.17, 15) is 4.57 Å². The van der Waals surface area contributed by atoms with Crippen LogP contribution in [0.5, 0.6) is 0 Å². The Hall–Kier alpha value is 1.36. The average molecular weight is 244 g/mol. The van der Waals surface area contributed by atoms with E-state index in [1.54, 1.807) is 21.1 Å². The van der Waals surface area contributed by atoms with Gasteiger partial charge in [-0.1, -0.05) is 0 Å². The van der Waals surface area contributed by atoms with Gasteiger partial charge in [0.05, 0.1) is 21.1 Å². The van der Waals surface area contributed by atoms with Crippen LogP contribution in [0, 0.1) is 0 Å². The summed E-state index contributed by atoms with van der Waals surface area (Å²) in [7, 11) is 0.933. The van der Waals surface area contributed by atoms with Crippen molar-refractivity contribution in [1.82, 2.24) is 0 Å². The Balaban J connectivity index is -0.000000500. The molecule has 0 rings (SSSR count). The molecular formula is C5H16ClNNaO4P. The fraction of sp³-hybridized carbons (Fsp3) is 1.00. The molecule has 3 N–H and O–H groups in total. The number of quaternary nitrogens is 1. The molecule has 0 aromatic rings. The van der Waals surface area contributed by atoms with E-state index in [-0.39, 0.29) is 48.5 Å². The Kier molecular flexibility index (Phi) is 10.3. The quantitative estimate of drug-likeness (QED) is 0.266. The van der Waals surface area contributed by atoms with Crippen LogP contribution in [0.3, 0.4) is 0 Å². The van der Waals surface area contributed by atoms with E-state index < -0.39 is 13.4 Å². The molecule has 0 saturated heterocycles. The van der Waals surface area contributed by atoms with Crippen LogP contribution in [0.4, 0.5) is 0 Å². The summed E-state index contributed by atoms with van der Waals surface area (Å²) in [6, 6.07) is 0. The van der Waals surface area contributed by atoms with Crippen LogP contribution in [0.15, 0.2) is 0 Å². The van der Waals surface area contributed by atoms with Crippen molar-refractivity contribution in [3.8, 4) is 0 Å². The average Bonchev–Trinajstić information content (AvgIpc) is 1.56. The predicted molar refractivity (Wildman–Crippen MR) is 48.1 cm³/mol. The van der Waals surface area contributed by atoms with Gasteiger partial charge in [-0.25, -0.2) is 0 Å². The first-order chi connectivity index (χ1) is 4.63. The molecule has 0 aromatic carbocycles. The molecule has 78 valence electrons. The fourth-order valence-electron chi connectivity index (χ4n) is 0.596. The molecule has 0 heterocycles.